The highest BCUT2D eigenvalue weighted by Crippen LogP contribution is 2.40. The van der Waals surface area contributed by atoms with Crippen LogP contribution in [0.2, 0.25) is 0 Å². The third-order valence-corrected chi connectivity index (χ3v) is 5.19. The highest BCUT2D eigenvalue weighted by atomic mass is 32.2. The van der Waals surface area contributed by atoms with Crippen LogP contribution in [-0.4, -0.2) is 15.3 Å². The molecule has 24 heavy (non-hydrogen) atoms. The van der Waals surface area contributed by atoms with Crippen molar-refractivity contribution in [3.8, 4) is 23.6 Å². The van der Waals surface area contributed by atoms with Crippen LogP contribution in [0.3, 0.4) is 0 Å². The van der Waals surface area contributed by atoms with Crippen LogP contribution in [0.15, 0.2) is 46.9 Å². The molecular weight excluding hydrogens is 316 g/mol. The summed E-state index contributed by atoms with van der Waals surface area (Å²) in [6, 6.07) is 8.19. The second kappa shape index (κ2) is 6.33. The van der Waals surface area contributed by atoms with Crippen LogP contribution in [0.1, 0.15) is 25.0 Å². The highest BCUT2D eigenvalue weighted by Gasteiger charge is 2.35. The number of fused-ring (bicyclic) bond motifs is 3. The van der Waals surface area contributed by atoms with Gasteiger partial charge in [0.1, 0.15) is 0 Å². The first-order valence-electron chi connectivity index (χ1n) is 7.90. The third kappa shape index (κ3) is 2.70. The lowest BCUT2D eigenvalue weighted by Gasteiger charge is -2.33. The molecule has 0 bridgehead atoms. The summed E-state index contributed by atoms with van der Waals surface area (Å²) in [5, 5.41) is 0.657. The lowest BCUT2D eigenvalue weighted by atomic mass is 9.72. The van der Waals surface area contributed by atoms with Gasteiger partial charge in [-0.1, -0.05) is 61.9 Å². The summed E-state index contributed by atoms with van der Waals surface area (Å²) in [6.45, 7) is 8.42. The number of allylic oxidation sites excluding steroid dienone is 1. The zero-order chi connectivity index (χ0) is 17.3. The summed E-state index contributed by atoms with van der Waals surface area (Å²) in [4.78, 5) is 18.1. The van der Waals surface area contributed by atoms with Gasteiger partial charge < -0.3 is 0 Å². The Bertz CT molecular complexity index is 903. The van der Waals surface area contributed by atoms with Crippen molar-refractivity contribution in [1.29, 1.82) is 0 Å². The third-order valence-electron chi connectivity index (χ3n) is 4.31. The van der Waals surface area contributed by atoms with Gasteiger partial charge >= 0.3 is 0 Å². The molecule has 3 nitrogen and oxygen atoms in total. The monoisotopic (exact) mass is 336 g/mol. The van der Waals surface area contributed by atoms with E-state index >= 15 is 0 Å². The van der Waals surface area contributed by atoms with Crippen LogP contribution in [0.5, 0.6) is 0 Å². The van der Waals surface area contributed by atoms with Gasteiger partial charge in [-0.3, -0.25) is 9.36 Å². The summed E-state index contributed by atoms with van der Waals surface area (Å²) in [6.07, 6.45) is 7.94. The molecule has 0 N–H and O–H groups in total. The lowest BCUT2D eigenvalue weighted by molar-refractivity contribution is 0.490. The molecule has 0 radical (unpaired) electrons. The van der Waals surface area contributed by atoms with E-state index in [1.807, 2.05) is 18.2 Å². The van der Waals surface area contributed by atoms with Gasteiger partial charge in [0.05, 0.1) is 11.4 Å². The molecular formula is C20H20N2OS. The fourth-order valence-electron chi connectivity index (χ4n) is 3.32. The van der Waals surface area contributed by atoms with Crippen molar-refractivity contribution in [2.24, 2.45) is 0 Å². The van der Waals surface area contributed by atoms with Crippen molar-refractivity contribution < 1.29 is 0 Å². The molecule has 1 aromatic carbocycles. The van der Waals surface area contributed by atoms with Crippen molar-refractivity contribution >= 4 is 11.8 Å². The quantitative estimate of drug-likeness (QED) is 0.370. The fourth-order valence-corrected chi connectivity index (χ4v) is 4.00. The van der Waals surface area contributed by atoms with Crippen LogP contribution in [0, 0.1) is 12.3 Å². The molecule has 1 aliphatic carbocycles. The second-order valence-electron chi connectivity index (χ2n) is 6.53. The topological polar surface area (TPSA) is 34.9 Å². The predicted octanol–water partition coefficient (Wildman–Crippen LogP) is 3.66. The number of thioether (sulfide) groups is 1. The summed E-state index contributed by atoms with van der Waals surface area (Å²) in [5.74, 6) is 3.08. The van der Waals surface area contributed by atoms with E-state index in [2.05, 4.69) is 32.4 Å². The van der Waals surface area contributed by atoms with Crippen LogP contribution >= 0.6 is 11.8 Å². The van der Waals surface area contributed by atoms with E-state index in [1.54, 1.807) is 10.6 Å². The molecule has 0 aliphatic heterocycles. The molecule has 4 heteroatoms. The van der Waals surface area contributed by atoms with Gasteiger partial charge in [0.15, 0.2) is 5.16 Å². The van der Waals surface area contributed by atoms with E-state index in [1.165, 1.54) is 17.3 Å². The molecule has 1 heterocycles. The molecule has 122 valence electrons. The van der Waals surface area contributed by atoms with Gasteiger partial charge in [-0.2, -0.15) is 0 Å². The smallest absolute Gasteiger partial charge is 0.258 e. The van der Waals surface area contributed by atoms with Crippen LogP contribution < -0.4 is 5.56 Å². The summed E-state index contributed by atoms with van der Waals surface area (Å²) >= 11 is 1.42. The molecule has 0 saturated carbocycles. The second-order valence-corrected chi connectivity index (χ2v) is 7.48. The Balaban J connectivity index is 2.33. The molecule has 0 amide bonds. The maximum Gasteiger partial charge on any atom is 0.258 e. The van der Waals surface area contributed by atoms with Gasteiger partial charge in [-0.05, 0) is 12.0 Å². The minimum atomic E-state index is -0.258. The first kappa shape index (κ1) is 16.6. The van der Waals surface area contributed by atoms with Crippen molar-refractivity contribution in [1.82, 2.24) is 9.55 Å². The molecule has 0 spiro atoms. The molecule has 0 saturated heterocycles. The van der Waals surface area contributed by atoms with E-state index in [-0.39, 0.29) is 11.0 Å². The van der Waals surface area contributed by atoms with E-state index in [4.69, 9.17) is 11.4 Å². The van der Waals surface area contributed by atoms with Crippen molar-refractivity contribution in [2.75, 3.05) is 5.75 Å². The lowest BCUT2D eigenvalue weighted by Crippen LogP contribution is -2.38. The number of hydrogen-bond donors (Lipinski definition) is 0. The Morgan fingerprint density at radius 3 is 2.92 bits per heavy atom. The van der Waals surface area contributed by atoms with E-state index in [0.29, 0.717) is 17.5 Å². The van der Waals surface area contributed by atoms with Crippen LogP contribution in [0.4, 0.5) is 0 Å². The van der Waals surface area contributed by atoms with Gasteiger partial charge in [-0.25, -0.2) is 4.98 Å². The summed E-state index contributed by atoms with van der Waals surface area (Å²) in [5.41, 5.74) is 3.62. The Labute approximate surface area is 146 Å². The molecule has 1 aromatic heterocycles. The maximum atomic E-state index is 13.2. The van der Waals surface area contributed by atoms with E-state index < -0.39 is 0 Å². The highest BCUT2D eigenvalue weighted by molar-refractivity contribution is 7.99. The van der Waals surface area contributed by atoms with E-state index in [0.717, 1.165) is 23.2 Å². The number of terminal acetylenes is 1. The van der Waals surface area contributed by atoms with E-state index in [9.17, 15) is 4.79 Å². The number of nitrogens with zero attached hydrogens (tertiary/aromatic N) is 2. The fraction of sp³-hybridized carbons (Fsp3) is 0.300. The van der Waals surface area contributed by atoms with Crippen LogP contribution in [0.25, 0.3) is 11.3 Å². The number of benzene rings is 1. The van der Waals surface area contributed by atoms with Gasteiger partial charge in [0.2, 0.25) is 0 Å². The summed E-state index contributed by atoms with van der Waals surface area (Å²) in [7, 11) is 0. The molecule has 3 rings (SSSR count). The largest absolute Gasteiger partial charge is 0.283 e. The molecule has 0 fully saturated rings. The zero-order valence-electron chi connectivity index (χ0n) is 14.0. The first-order valence-corrected chi connectivity index (χ1v) is 8.89. The molecule has 0 unspecified atom stereocenters. The Hall–Kier alpha value is -2.25. The van der Waals surface area contributed by atoms with Crippen molar-refractivity contribution in [2.45, 2.75) is 37.4 Å². The maximum absolute atomic E-state index is 13.2. The Kier molecular flexibility index (Phi) is 4.38. The van der Waals surface area contributed by atoms with Gasteiger partial charge in [0.25, 0.3) is 5.56 Å². The average Bonchev–Trinajstić information content (AvgIpc) is 2.54. The Morgan fingerprint density at radius 2 is 2.21 bits per heavy atom. The standard InChI is InChI=1S/C20H20N2OS/c1-5-11-22-18(23)16-17(21-19(22)24-12-6-2)15-10-8-7-9-14(15)13-20(16,3)4/h2,5,7-10H,1,11-13H2,3-4H3. The normalized spacial score (nSPS) is 14.4. The number of aromatic nitrogens is 2. The Morgan fingerprint density at radius 1 is 1.46 bits per heavy atom. The number of rotatable bonds is 4. The average molecular weight is 336 g/mol. The minimum absolute atomic E-state index is 0.0129. The SMILES string of the molecule is C#CCSc1nc2c(c(=O)n1CC=C)C(C)(C)Cc1ccccc1-2. The minimum Gasteiger partial charge on any atom is -0.283 e. The predicted molar refractivity (Wildman–Crippen MR) is 100 cm³/mol. The van der Waals surface area contributed by atoms with Crippen molar-refractivity contribution in [3.63, 3.8) is 0 Å². The molecule has 1 aliphatic rings. The van der Waals surface area contributed by atoms with Crippen LogP contribution in [-0.2, 0) is 18.4 Å². The van der Waals surface area contributed by atoms with Gasteiger partial charge in [-0.15, -0.1) is 13.0 Å². The zero-order valence-corrected chi connectivity index (χ0v) is 14.8. The molecule has 2 aromatic rings. The van der Waals surface area contributed by atoms with Crippen molar-refractivity contribution in [3.05, 3.63) is 58.4 Å². The first-order chi connectivity index (χ1) is 11.5. The van der Waals surface area contributed by atoms with Gasteiger partial charge in [0, 0.05) is 23.1 Å². The summed E-state index contributed by atoms with van der Waals surface area (Å²) < 4.78 is 1.68. The molecule has 0 atom stereocenters. The number of hydrogen-bond acceptors (Lipinski definition) is 3.